The molecule has 4 heteroatoms. The Kier molecular flexibility index (Phi) is 3.67. The highest BCUT2D eigenvalue weighted by molar-refractivity contribution is 6.04. The third-order valence-electron chi connectivity index (χ3n) is 3.11. The van der Waals surface area contributed by atoms with E-state index in [4.69, 9.17) is 5.26 Å². The summed E-state index contributed by atoms with van der Waals surface area (Å²) in [7, 11) is 1.51. The van der Waals surface area contributed by atoms with E-state index in [9.17, 15) is 4.79 Å². The lowest BCUT2D eigenvalue weighted by atomic mass is 10.1. The third kappa shape index (κ3) is 2.36. The van der Waals surface area contributed by atoms with E-state index in [1.165, 1.54) is 12.6 Å². The van der Waals surface area contributed by atoms with E-state index >= 15 is 0 Å². The number of likely N-dealkylation sites (N-methyl/N-ethyl adjacent to an activating group) is 1. The predicted octanol–water partition coefficient (Wildman–Crippen LogP) is 2.38. The van der Waals surface area contributed by atoms with Crippen molar-refractivity contribution in [3.05, 3.63) is 41.1 Å². The maximum Gasteiger partial charge on any atom is 0.261 e. The van der Waals surface area contributed by atoms with Gasteiger partial charge >= 0.3 is 0 Å². The number of aromatic nitrogens is 1. The first-order chi connectivity index (χ1) is 9.21. The second kappa shape index (κ2) is 5.40. The minimum atomic E-state index is -0.372. The van der Waals surface area contributed by atoms with Crippen molar-refractivity contribution in [2.45, 2.75) is 13.3 Å². The van der Waals surface area contributed by atoms with Crippen LogP contribution in [0.4, 0.5) is 0 Å². The molecule has 1 amide bonds. The lowest BCUT2D eigenvalue weighted by Gasteiger charge is -1.99. The number of rotatable bonds is 3. The van der Waals surface area contributed by atoms with E-state index in [2.05, 4.69) is 23.3 Å². The highest BCUT2D eigenvalue weighted by atomic mass is 16.1. The fraction of sp³-hybridized carbons (Fsp3) is 0.200. The number of nitrogens with zero attached hydrogens (tertiary/aromatic N) is 1. The largest absolute Gasteiger partial charge is 0.360 e. The summed E-state index contributed by atoms with van der Waals surface area (Å²) in [5.74, 6) is -0.372. The van der Waals surface area contributed by atoms with Crippen LogP contribution in [0.3, 0.4) is 0 Å². The molecule has 0 spiro atoms. The van der Waals surface area contributed by atoms with Crippen LogP contribution in [-0.4, -0.2) is 17.9 Å². The zero-order valence-electron chi connectivity index (χ0n) is 10.9. The third-order valence-corrected chi connectivity index (χ3v) is 3.11. The number of carbonyl (C=O) groups excluding carboxylic acids is 1. The molecule has 0 fully saturated rings. The lowest BCUT2D eigenvalue weighted by molar-refractivity contribution is -0.116. The molecule has 2 rings (SSSR count). The van der Waals surface area contributed by atoms with Gasteiger partial charge in [-0.2, -0.15) is 5.26 Å². The highest BCUT2D eigenvalue weighted by Gasteiger charge is 2.09. The number of amides is 1. The summed E-state index contributed by atoms with van der Waals surface area (Å²) in [6.45, 7) is 2.09. The molecule has 19 heavy (non-hydrogen) atoms. The quantitative estimate of drug-likeness (QED) is 0.651. The van der Waals surface area contributed by atoms with Crippen LogP contribution in [0.15, 0.2) is 30.0 Å². The monoisotopic (exact) mass is 253 g/mol. The molecule has 0 bridgehead atoms. The van der Waals surface area contributed by atoms with Gasteiger partial charge < -0.3 is 10.3 Å². The number of benzene rings is 1. The average molecular weight is 253 g/mol. The molecule has 0 atom stereocenters. The van der Waals surface area contributed by atoms with Crippen molar-refractivity contribution in [1.29, 1.82) is 5.26 Å². The summed E-state index contributed by atoms with van der Waals surface area (Å²) >= 11 is 0. The van der Waals surface area contributed by atoms with Crippen LogP contribution in [-0.2, 0) is 11.2 Å². The number of hydrogen-bond acceptors (Lipinski definition) is 2. The van der Waals surface area contributed by atoms with E-state index in [0.29, 0.717) is 0 Å². The number of fused-ring (bicyclic) bond motifs is 1. The Bertz CT molecular complexity index is 689. The minimum absolute atomic E-state index is 0.102. The number of nitriles is 1. The number of hydrogen-bond donors (Lipinski definition) is 2. The minimum Gasteiger partial charge on any atom is -0.360 e. The molecule has 2 aromatic rings. The van der Waals surface area contributed by atoms with E-state index in [0.717, 1.165) is 22.9 Å². The second-order valence-electron chi connectivity index (χ2n) is 4.19. The normalized spacial score (nSPS) is 11.3. The molecule has 0 aliphatic rings. The SMILES string of the molecule is CCc1cccc2c(C=C(C#N)C(=O)NC)c[nH]c12. The highest BCUT2D eigenvalue weighted by Crippen LogP contribution is 2.24. The maximum atomic E-state index is 11.5. The van der Waals surface area contributed by atoms with Crippen LogP contribution < -0.4 is 5.32 Å². The lowest BCUT2D eigenvalue weighted by Crippen LogP contribution is -2.19. The van der Waals surface area contributed by atoms with E-state index < -0.39 is 0 Å². The van der Waals surface area contributed by atoms with E-state index in [-0.39, 0.29) is 11.5 Å². The van der Waals surface area contributed by atoms with Gasteiger partial charge in [-0.05, 0) is 18.1 Å². The van der Waals surface area contributed by atoms with Crippen LogP contribution in [0.2, 0.25) is 0 Å². The fourth-order valence-corrected chi connectivity index (χ4v) is 2.09. The summed E-state index contributed by atoms with van der Waals surface area (Å²) in [4.78, 5) is 14.7. The molecular formula is C15H15N3O. The Labute approximate surface area is 111 Å². The summed E-state index contributed by atoms with van der Waals surface area (Å²) < 4.78 is 0. The van der Waals surface area contributed by atoms with Gasteiger partial charge in [0.2, 0.25) is 0 Å². The zero-order valence-corrected chi connectivity index (χ0v) is 10.9. The maximum absolute atomic E-state index is 11.5. The number of para-hydroxylation sites is 1. The second-order valence-corrected chi connectivity index (χ2v) is 4.19. The molecule has 1 aromatic heterocycles. The van der Waals surface area contributed by atoms with Crippen molar-refractivity contribution < 1.29 is 4.79 Å². The van der Waals surface area contributed by atoms with Crippen molar-refractivity contribution in [2.24, 2.45) is 0 Å². The van der Waals surface area contributed by atoms with Crippen LogP contribution in [0.5, 0.6) is 0 Å². The van der Waals surface area contributed by atoms with Gasteiger partial charge in [-0.3, -0.25) is 4.79 Å². The first-order valence-corrected chi connectivity index (χ1v) is 6.14. The first kappa shape index (κ1) is 12.9. The standard InChI is InChI=1S/C15H15N3O/c1-3-10-5-4-6-13-12(9-18-14(10)13)7-11(8-16)15(19)17-2/h4-7,9,18H,3H2,1-2H3,(H,17,19). The number of nitrogens with one attached hydrogen (secondary N) is 2. The van der Waals surface area contributed by atoms with Crippen LogP contribution in [0.1, 0.15) is 18.1 Å². The summed E-state index contributed by atoms with van der Waals surface area (Å²) in [5, 5.41) is 12.5. The molecule has 0 aliphatic heterocycles. The first-order valence-electron chi connectivity index (χ1n) is 6.14. The van der Waals surface area contributed by atoms with Crippen molar-refractivity contribution in [3.8, 4) is 6.07 Å². The molecule has 4 nitrogen and oxygen atoms in total. The summed E-state index contributed by atoms with van der Waals surface area (Å²) in [5.41, 5.74) is 3.23. The Hall–Kier alpha value is -2.54. The Morgan fingerprint density at radius 2 is 2.32 bits per heavy atom. The van der Waals surface area contributed by atoms with Gasteiger partial charge in [0.05, 0.1) is 0 Å². The number of H-pyrrole nitrogens is 1. The molecule has 0 saturated carbocycles. The smallest absolute Gasteiger partial charge is 0.261 e. The molecule has 1 heterocycles. The number of aromatic amines is 1. The van der Waals surface area contributed by atoms with E-state index in [1.807, 2.05) is 24.4 Å². The summed E-state index contributed by atoms with van der Waals surface area (Å²) in [6, 6.07) is 7.95. The van der Waals surface area contributed by atoms with Crippen molar-refractivity contribution in [3.63, 3.8) is 0 Å². The fourth-order valence-electron chi connectivity index (χ4n) is 2.09. The molecule has 0 aliphatic carbocycles. The molecule has 0 radical (unpaired) electrons. The van der Waals surface area contributed by atoms with Gasteiger partial charge in [-0.1, -0.05) is 25.1 Å². The van der Waals surface area contributed by atoms with Crippen LogP contribution in [0, 0.1) is 11.3 Å². The van der Waals surface area contributed by atoms with Crippen LogP contribution in [0.25, 0.3) is 17.0 Å². The summed E-state index contributed by atoms with van der Waals surface area (Å²) in [6.07, 6.45) is 4.36. The molecule has 2 N–H and O–H groups in total. The van der Waals surface area contributed by atoms with Gasteiger partial charge in [0.15, 0.2) is 0 Å². The number of carbonyl (C=O) groups is 1. The zero-order chi connectivity index (χ0) is 13.8. The van der Waals surface area contributed by atoms with Gasteiger partial charge in [0.1, 0.15) is 11.6 Å². The molecule has 96 valence electrons. The molecule has 0 unspecified atom stereocenters. The number of aryl methyl sites for hydroxylation is 1. The van der Waals surface area contributed by atoms with Gasteiger partial charge in [0, 0.05) is 29.7 Å². The van der Waals surface area contributed by atoms with Crippen LogP contribution >= 0.6 is 0 Å². The molecule has 0 saturated heterocycles. The van der Waals surface area contributed by atoms with Crippen molar-refractivity contribution in [1.82, 2.24) is 10.3 Å². The average Bonchev–Trinajstić information content (AvgIpc) is 2.86. The Morgan fingerprint density at radius 1 is 1.53 bits per heavy atom. The topological polar surface area (TPSA) is 68.7 Å². The predicted molar refractivity (Wildman–Crippen MR) is 75.3 cm³/mol. The Balaban J connectivity index is 2.56. The van der Waals surface area contributed by atoms with Gasteiger partial charge in [0.25, 0.3) is 5.91 Å². The van der Waals surface area contributed by atoms with Crippen molar-refractivity contribution in [2.75, 3.05) is 7.05 Å². The molecule has 1 aromatic carbocycles. The van der Waals surface area contributed by atoms with Gasteiger partial charge in [-0.25, -0.2) is 0 Å². The Morgan fingerprint density at radius 3 is 2.95 bits per heavy atom. The molecular weight excluding hydrogens is 238 g/mol. The van der Waals surface area contributed by atoms with E-state index in [1.54, 1.807) is 6.08 Å². The van der Waals surface area contributed by atoms with Gasteiger partial charge in [-0.15, -0.1) is 0 Å². The van der Waals surface area contributed by atoms with Crippen molar-refractivity contribution >= 4 is 22.9 Å².